The Balaban J connectivity index is 2.85. The van der Waals surface area contributed by atoms with Gasteiger partial charge in [0.1, 0.15) is 5.82 Å². The summed E-state index contributed by atoms with van der Waals surface area (Å²) in [5, 5.41) is 13.6. The van der Waals surface area contributed by atoms with E-state index in [9.17, 15) is 9.50 Å². The second-order valence-electron chi connectivity index (χ2n) is 5.84. The highest BCUT2D eigenvalue weighted by atomic mass is 19.1. The van der Waals surface area contributed by atoms with Crippen LogP contribution in [-0.2, 0) is 5.60 Å². The molecule has 17 heavy (non-hydrogen) atoms. The number of hydrogen-bond acceptors (Lipinski definition) is 2. The molecule has 0 saturated heterocycles. The van der Waals surface area contributed by atoms with Crippen LogP contribution >= 0.6 is 0 Å². The van der Waals surface area contributed by atoms with Crippen molar-refractivity contribution in [2.45, 2.75) is 45.8 Å². The number of aliphatic hydroxyl groups is 1. The highest BCUT2D eigenvalue weighted by Gasteiger charge is 2.25. The van der Waals surface area contributed by atoms with Crippen molar-refractivity contribution in [1.29, 1.82) is 0 Å². The summed E-state index contributed by atoms with van der Waals surface area (Å²) < 4.78 is 13.2. The Morgan fingerprint density at radius 3 is 2.29 bits per heavy atom. The average molecular weight is 239 g/mol. The Bertz CT molecular complexity index is 394. The van der Waals surface area contributed by atoms with Crippen LogP contribution < -0.4 is 5.32 Å². The van der Waals surface area contributed by atoms with E-state index in [-0.39, 0.29) is 11.4 Å². The zero-order valence-electron chi connectivity index (χ0n) is 11.3. The number of rotatable bonds is 3. The summed E-state index contributed by atoms with van der Waals surface area (Å²) >= 11 is 0. The fraction of sp³-hybridized carbons (Fsp3) is 0.571. The van der Waals surface area contributed by atoms with E-state index in [4.69, 9.17) is 0 Å². The lowest BCUT2D eigenvalue weighted by Gasteiger charge is -2.30. The van der Waals surface area contributed by atoms with Crippen LogP contribution in [0.5, 0.6) is 0 Å². The van der Waals surface area contributed by atoms with Gasteiger partial charge in [0.15, 0.2) is 0 Å². The molecule has 0 aliphatic heterocycles. The first-order chi connectivity index (χ1) is 7.62. The Morgan fingerprint density at radius 1 is 1.24 bits per heavy atom. The van der Waals surface area contributed by atoms with Crippen molar-refractivity contribution in [2.75, 3.05) is 6.54 Å². The topological polar surface area (TPSA) is 32.3 Å². The Morgan fingerprint density at radius 2 is 1.82 bits per heavy atom. The standard InChI is InChI=1S/C14H22FNO/c1-10-8-11(6-7-12(10)15)14(5,17)9-16-13(2,3)4/h6-8,16-17H,9H2,1-5H3. The molecular formula is C14H22FNO. The van der Waals surface area contributed by atoms with E-state index in [2.05, 4.69) is 5.32 Å². The first-order valence-corrected chi connectivity index (χ1v) is 5.86. The maximum atomic E-state index is 13.2. The van der Waals surface area contributed by atoms with Gasteiger partial charge in [0.05, 0.1) is 5.60 Å². The molecule has 1 rings (SSSR count). The number of halogens is 1. The molecule has 1 aromatic carbocycles. The predicted octanol–water partition coefficient (Wildman–Crippen LogP) is 2.73. The van der Waals surface area contributed by atoms with Crippen molar-refractivity contribution < 1.29 is 9.50 Å². The van der Waals surface area contributed by atoms with Gasteiger partial charge in [-0.1, -0.05) is 12.1 Å². The molecule has 0 amide bonds. The van der Waals surface area contributed by atoms with Gasteiger partial charge in [-0.25, -0.2) is 4.39 Å². The van der Waals surface area contributed by atoms with Crippen molar-refractivity contribution >= 4 is 0 Å². The number of hydrogen-bond donors (Lipinski definition) is 2. The first-order valence-electron chi connectivity index (χ1n) is 5.86. The van der Waals surface area contributed by atoms with E-state index in [1.54, 1.807) is 26.0 Å². The van der Waals surface area contributed by atoms with Gasteiger partial charge in [0.2, 0.25) is 0 Å². The molecule has 0 aliphatic rings. The highest BCUT2D eigenvalue weighted by Crippen LogP contribution is 2.22. The van der Waals surface area contributed by atoms with E-state index < -0.39 is 5.60 Å². The number of aryl methyl sites for hydroxylation is 1. The smallest absolute Gasteiger partial charge is 0.126 e. The van der Waals surface area contributed by atoms with Crippen LogP contribution in [0.4, 0.5) is 4.39 Å². The molecule has 96 valence electrons. The summed E-state index contributed by atoms with van der Waals surface area (Å²) in [5.74, 6) is -0.242. The Kier molecular flexibility index (Phi) is 3.95. The van der Waals surface area contributed by atoms with Crippen LogP contribution in [0, 0.1) is 12.7 Å². The summed E-state index contributed by atoms with van der Waals surface area (Å²) in [5.41, 5.74) is 0.233. The molecule has 0 fully saturated rings. The molecule has 0 aromatic heterocycles. The molecule has 0 aliphatic carbocycles. The van der Waals surface area contributed by atoms with Crippen molar-refractivity contribution in [3.8, 4) is 0 Å². The molecule has 0 saturated carbocycles. The van der Waals surface area contributed by atoms with Crippen LogP contribution in [0.25, 0.3) is 0 Å². The van der Waals surface area contributed by atoms with Gasteiger partial charge in [-0.15, -0.1) is 0 Å². The van der Waals surface area contributed by atoms with Crippen LogP contribution in [0.1, 0.15) is 38.8 Å². The molecule has 2 nitrogen and oxygen atoms in total. The number of β-amino-alcohol motifs (C(OH)–C–C–N with tert-alkyl or cyclic N) is 1. The first kappa shape index (κ1) is 14.1. The Hall–Kier alpha value is -0.930. The van der Waals surface area contributed by atoms with Crippen LogP contribution in [0.15, 0.2) is 18.2 Å². The minimum Gasteiger partial charge on any atom is -0.384 e. The fourth-order valence-electron chi connectivity index (χ4n) is 1.52. The maximum absolute atomic E-state index is 13.2. The highest BCUT2D eigenvalue weighted by molar-refractivity contribution is 5.28. The molecule has 2 N–H and O–H groups in total. The molecule has 0 spiro atoms. The molecule has 0 radical (unpaired) electrons. The summed E-state index contributed by atoms with van der Waals surface area (Å²) in [4.78, 5) is 0. The molecule has 1 atom stereocenters. The molecule has 3 heteroatoms. The quantitative estimate of drug-likeness (QED) is 0.850. The SMILES string of the molecule is Cc1cc(C(C)(O)CNC(C)(C)C)ccc1F. The zero-order valence-corrected chi connectivity index (χ0v) is 11.3. The van der Waals surface area contributed by atoms with Gasteiger partial charge in [-0.2, -0.15) is 0 Å². The van der Waals surface area contributed by atoms with E-state index >= 15 is 0 Å². The van der Waals surface area contributed by atoms with Gasteiger partial charge in [-0.3, -0.25) is 0 Å². The van der Waals surface area contributed by atoms with Crippen molar-refractivity contribution in [3.05, 3.63) is 35.1 Å². The third-order valence-electron chi connectivity index (χ3n) is 2.74. The monoisotopic (exact) mass is 239 g/mol. The number of benzene rings is 1. The third kappa shape index (κ3) is 4.10. The normalized spacial score (nSPS) is 15.7. The molecule has 1 unspecified atom stereocenters. The zero-order chi connectivity index (χ0) is 13.3. The second kappa shape index (κ2) is 4.75. The van der Waals surface area contributed by atoms with Gasteiger partial charge in [0, 0.05) is 12.1 Å². The van der Waals surface area contributed by atoms with Crippen LogP contribution in [0.2, 0.25) is 0 Å². The number of nitrogens with one attached hydrogen (secondary N) is 1. The van der Waals surface area contributed by atoms with E-state index in [0.29, 0.717) is 12.1 Å². The summed E-state index contributed by atoms with van der Waals surface area (Å²) in [6.07, 6.45) is 0. The van der Waals surface area contributed by atoms with Gasteiger partial charge >= 0.3 is 0 Å². The molecule has 0 bridgehead atoms. The maximum Gasteiger partial charge on any atom is 0.126 e. The fourth-order valence-corrected chi connectivity index (χ4v) is 1.52. The lowest BCUT2D eigenvalue weighted by Crippen LogP contribution is -2.44. The van der Waals surface area contributed by atoms with E-state index in [1.807, 2.05) is 20.8 Å². The molecule has 1 aromatic rings. The third-order valence-corrected chi connectivity index (χ3v) is 2.74. The van der Waals surface area contributed by atoms with Crippen molar-refractivity contribution in [1.82, 2.24) is 5.32 Å². The van der Waals surface area contributed by atoms with Crippen molar-refractivity contribution in [2.24, 2.45) is 0 Å². The van der Waals surface area contributed by atoms with E-state index in [0.717, 1.165) is 5.56 Å². The molecule has 0 heterocycles. The van der Waals surface area contributed by atoms with E-state index in [1.165, 1.54) is 6.07 Å². The predicted molar refractivity (Wildman–Crippen MR) is 68.5 cm³/mol. The van der Waals surface area contributed by atoms with Gasteiger partial charge < -0.3 is 10.4 Å². The minimum absolute atomic E-state index is 0.0565. The Labute approximate surface area is 103 Å². The largest absolute Gasteiger partial charge is 0.384 e. The summed E-state index contributed by atoms with van der Waals surface area (Å²) in [7, 11) is 0. The second-order valence-corrected chi connectivity index (χ2v) is 5.84. The minimum atomic E-state index is -0.994. The van der Waals surface area contributed by atoms with Gasteiger partial charge in [0.25, 0.3) is 0 Å². The lowest BCUT2D eigenvalue weighted by molar-refractivity contribution is 0.0500. The van der Waals surface area contributed by atoms with Crippen molar-refractivity contribution in [3.63, 3.8) is 0 Å². The van der Waals surface area contributed by atoms with Gasteiger partial charge in [-0.05, 0) is 51.8 Å². The average Bonchev–Trinajstić information content (AvgIpc) is 2.18. The van der Waals surface area contributed by atoms with Crippen LogP contribution in [-0.4, -0.2) is 17.2 Å². The summed E-state index contributed by atoms with van der Waals surface area (Å²) in [6, 6.07) is 4.72. The summed E-state index contributed by atoms with van der Waals surface area (Å²) in [6.45, 7) is 9.99. The lowest BCUT2D eigenvalue weighted by atomic mass is 9.93. The van der Waals surface area contributed by atoms with Crippen LogP contribution in [0.3, 0.4) is 0 Å². The molecular weight excluding hydrogens is 217 g/mol.